The molecule has 0 aliphatic heterocycles. The van der Waals surface area contributed by atoms with Gasteiger partial charge in [-0.25, -0.2) is 0 Å². The number of nitrogens with one attached hydrogen (secondary N) is 1. The summed E-state index contributed by atoms with van der Waals surface area (Å²) >= 11 is 5.07. The van der Waals surface area contributed by atoms with Crippen molar-refractivity contribution in [3.05, 3.63) is 27.4 Å². The Labute approximate surface area is 81.4 Å². The van der Waals surface area contributed by atoms with Crippen molar-refractivity contribution < 1.29 is 0 Å². The fourth-order valence-electron chi connectivity index (χ4n) is 1.55. The molecule has 0 amide bonds. The molecule has 0 spiro atoms. The van der Waals surface area contributed by atoms with Gasteiger partial charge in [0.05, 0.1) is 0 Å². The highest BCUT2D eigenvalue weighted by atomic mass is 32.1. The molecule has 1 N–H and O–H groups in total. The highest BCUT2D eigenvalue weighted by molar-refractivity contribution is 7.71. The third kappa shape index (κ3) is 1.72. The van der Waals surface area contributed by atoms with Crippen LogP contribution in [-0.4, -0.2) is 9.55 Å². The first-order valence-corrected chi connectivity index (χ1v) is 4.91. The smallest absolute Gasteiger partial charge is 0.251 e. The van der Waals surface area contributed by atoms with Crippen molar-refractivity contribution in [3.63, 3.8) is 0 Å². The minimum absolute atomic E-state index is 0.121. The molecular formula is C9H12N2OS. The predicted octanol–water partition coefficient (Wildman–Crippen LogP) is 1.88. The Bertz CT molecular complexity index is 416. The van der Waals surface area contributed by atoms with Gasteiger partial charge < -0.3 is 4.57 Å². The molecule has 1 aliphatic carbocycles. The number of hydrogen-bond donors (Lipinski definition) is 1. The summed E-state index contributed by atoms with van der Waals surface area (Å²) in [6.07, 6.45) is 4.34. The van der Waals surface area contributed by atoms with Crippen molar-refractivity contribution in [1.82, 2.24) is 9.55 Å². The van der Waals surface area contributed by atoms with Gasteiger partial charge in [-0.1, -0.05) is 0 Å². The van der Waals surface area contributed by atoms with E-state index in [0.717, 1.165) is 5.92 Å². The molecule has 2 rings (SSSR count). The first-order chi connectivity index (χ1) is 6.18. The number of hydrogen-bond acceptors (Lipinski definition) is 2. The number of rotatable bonds is 2. The van der Waals surface area contributed by atoms with Gasteiger partial charge in [-0.05, 0) is 37.9 Å². The van der Waals surface area contributed by atoms with Crippen LogP contribution in [0.25, 0.3) is 0 Å². The summed E-state index contributed by atoms with van der Waals surface area (Å²) in [4.78, 5) is 13.5. The number of aromatic amines is 1. The van der Waals surface area contributed by atoms with E-state index in [9.17, 15) is 4.79 Å². The molecule has 0 radical (unpaired) electrons. The SMILES string of the molecule is CC(C1CC1)n1ccc(=O)[nH]c1=S. The second-order valence-electron chi connectivity index (χ2n) is 3.60. The lowest BCUT2D eigenvalue weighted by molar-refractivity contribution is 0.470. The average Bonchev–Trinajstić information content (AvgIpc) is 2.85. The second kappa shape index (κ2) is 3.10. The number of aromatic nitrogens is 2. The van der Waals surface area contributed by atoms with Crippen LogP contribution in [0.15, 0.2) is 17.1 Å². The highest BCUT2D eigenvalue weighted by Crippen LogP contribution is 2.39. The van der Waals surface area contributed by atoms with Crippen molar-refractivity contribution in [3.8, 4) is 0 Å². The maximum atomic E-state index is 10.9. The molecule has 1 unspecified atom stereocenters. The quantitative estimate of drug-likeness (QED) is 0.733. The third-order valence-corrected chi connectivity index (χ3v) is 2.91. The number of H-pyrrole nitrogens is 1. The van der Waals surface area contributed by atoms with Gasteiger partial charge >= 0.3 is 0 Å². The van der Waals surface area contributed by atoms with Crippen LogP contribution in [0.2, 0.25) is 0 Å². The zero-order valence-electron chi connectivity index (χ0n) is 7.49. The van der Waals surface area contributed by atoms with Crippen LogP contribution in [0.5, 0.6) is 0 Å². The van der Waals surface area contributed by atoms with Gasteiger partial charge in [0.15, 0.2) is 4.77 Å². The van der Waals surface area contributed by atoms with Crippen molar-refractivity contribution in [1.29, 1.82) is 0 Å². The topological polar surface area (TPSA) is 37.8 Å². The largest absolute Gasteiger partial charge is 0.322 e. The summed E-state index contributed by atoms with van der Waals surface area (Å²) in [6, 6.07) is 1.94. The minimum Gasteiger partial charge on any atom is -0.322 e. The molecule has 1 heterocycles. The molecule has 3 nitrogen and oxygen atoms in total. The molecule has 0 aromatic carbocycles. The van der Waals surface area contributed by atoms with E-state index in [-0.39, 0.29) is 5.56 Å². The lowest BCUT2D eigenvalue weighted by Crippen LogP contribution is -2.15. The monoisotopic (exact) mass is 196 g/mol. The van der Waals surface area contributed by atoms with Crippen LogP contribution < -0.4 is 5.56 Å². The Hall–Kier alpha value is -0.900. The standard InChI is InChI=1S/C9H12N2OS/c1-6(7-2-3-7)11-5-4-8(12)10-9(11)13/h4-7H,2-3H2,1H3,(H,10,12,13). The second-order valence-corrected chi connectivity index (χ2v) is 3.98. The summed E-state index contributed by atoms with van der Waals surface area (Å²) in [5.74, 6) is 0.748. The van der Waals surface area contributed by atoms with Crippen molar-refractivity contribution in [2.45, 2.75) is 25.8 Å². The third-order valence-electron chi connectivity index (χ3n) is 2.59. The highest BCUT2D eigenvalue weighted by Gasteiger charge is 2.28. The fraction of sp³-hybridized carbons (Fsp3) is 0.556. The Morgan fingerprint density at radius 1 is 1.69 bits per heavy atom. The Morgan fingerprint density at radius 3 is 2.92 bits per heavy atom. The maximum absolute atomic E-state index is 10.9. The van der Waals surface area contributed by atoms with E-state index in [1.165, 1.54) is 18.9 Å². The van der Waals surface area contributed by atoms with Gasteiger partial charge in [-0.15, -0.1) is 0 Å². The molecule has 1 aromatic heterocycles. The van der Waals surface area contributed by atoms with Gasteiger partial charge in [-0.3, -0.25) is 9.78 Å². The minimum atomic E-state index is -0.121. The number of nitrogens with zero attached hydrogens (tertiary/aromatic N) is 1. The zero-order valence-corrected chi connectivity index (χ0v) is 8.30. The van der Waals surface area contributed by atoms with E-state index in [1.807, 2.05) is 4.57 Å². The normalized spacial score (nSPS) is 18.5. The summed E-state index contributed by atoms with van der Waals surface area (Å²) in [5, 5.41) is 0. The van der Waals surface area contributed by atoms with Crippen LogP contribution in [-0.2, 0) is 0 Å². The van der Waals surface area contributed by atoms with E-state index in [2.05, 4.69) is 11.9 Å². The van der Waals surface area contributed by atoms with E-state index in [0.29, 0.717) is 10.8 Å². The maximum Gasteiger partial charge on any atom is 0.251 e. The van der Waals surface area contributed by atoms with E-state index in [4.69, 9.17) is 12.2 Å². The van der Waals surface area contributed by atoms with Gasteiger partial charge in [0, 0.05) is 18.3 Å². The Balaban J connectivity index is 2.39. The van der Waals surface area contributed by atoms with E-state index in [1.54, 1.807) is 6.20 Å². The molecule has 1 saturated carbocycles. The molecule has 13 heavy (non-hydrogen) atoms. The van der Waals surface area contributed by atoms with Gasteiger partial charge in [0.1, 0.15) is 0 Å². The molecule has 1 aliphatic rings. The summed E-state index contributed by atoms with van der Waals surface area (Å²) < 4.78 is 2.50. The average molecular weight is 196 g/mol. The lowest BCUT2D eigenvalue weighted by atomic mass is 10.2. The Kier molecular flexibility index (Phi) is 2.07. The first kappa shape index (κ1) is 8.69. The lowest BCUT2D eigenvalue weighted by Gasteiger charge is -2.13. The van der Waals surface area contributed by atoms with Gasteiger partial charge in [0.25, 0.3) is 5.56 Å². The fourth-order valence-corrected chi connectivity index (χ4v) is 1.88. The summed E-state index contributed by atoms with van der Waals surface area (Å²) in [7, 11) is 0. The van der Waals surface area contributed by atoms with Crippen molar-refractivity contribution >= 4 is 12.2 Å². The molecule has 1 atom stereocenters. The predicted molar refractivity (Wildman–Crippen MR) is 53.3 cm³/mol. The van der Waals surface area contributed by atoms with Crippen LogP contribution in [0.4, 0.5) is 0 Å². The van der Waals surface area contributed by atoms with Crippen LogP contribution in [0.3, 0.4) is 0 Å². The first-order valence-electron chi connectivity index (χ1n) is 4.50. The summed E-state index contributed by atoms with van der Waals surface area (Å²) in [5.41, 5.74) is -0.121. The molecule has 1 aromatic rings. The molecule has 4 heteroatoms. The van der Waals surface area contributed by atoms with Crippen LogP contribution in [0.1, 0.15) is 25.8 Å². The van der Waals surface area contributed by atoms with Crippen LogP contribution in [0, 0.1) is 10.7 Å². The zero-order chi connectivity index (χ0) is 9.42. The van der Waals surface area contributed by atoms with Gasteiger partial charge in [0.2, 0.25) is 0 Å². The summed E-state index contributed by atoms with van der Waals surface area (Å²) in [6.45, 7) is 2.14. The molecule has 0 bridgehead atoms. The van der Waals surface area contributed by atoms with E-state index < -0.39 is 0 Å². The van der Waals surface area contributed by atoms with Gasteiger partial charge in [-0.2, -0.15) is 0 Å². The molecular weight excluding hydrogens is 184 g/mol. The van der Waals surface area contributed by atoms with Crippen molar-refractivity contribution in [2.75, 3.05) is 0 Å². The molecule has 0 saturated heterocycles. The molecule has 70 valence electrons. The van der Waals surface area contributed by atoms with Crippen molar-refractivity contribution in [2.24, 2.45) is 5.92 Å². The van der Waals surface area contributed by atoms with Crippen LogP contribution >= 0.6 is 12.2 Å². The molecule has 1 fully saturated rings. The van der Waals surface area contributed by atoms with E-state index >= 15 is 0 Å². The Morgan fingerprint density at radius 2 is 2.38 bits per heavy atom.